The van der Waals surface area contributed by atoms with Crippen molar-refractivity contribution in [3.05, 3.63) is 71.0 Å². The van der Waals surface area contributed by atoms with E-state index in [1.165, 1.54) is 49.4 Å². The maximum atomic E-state index is 13.8. The molecule has 2 atom stereocenters. The Labute approximate surface area is 204 Å². The number of fused-ring (bicyclic) bond motifs is 1. The Morgan fingerprint density at radius 2 is 1.62 bits per heavy atom. The Morgan fingerprint density at radius 1 is 0.912 bits per heavy atom. The number of nitrogens with one attached hydrogen (secondary N) is 1. The fraction of sp³-hybridized carbons (Fsp3) is 0.444. The predicted molar refractivity (Wildman–Crippen MR) is 133 cm³/mol. The highest BCUT2D eigenvalue weighted by atomic mass is 32.2. The summed E-state index contributed by atoms with van der Waals surface area (Å²) in [5.41, 5.74) is 6.77. The Morgan fingerprint density at radius 3 is 2.29 bits per heavy atom. The third-order valence-corrected chi connectivity index (χ3v) is 8.62. The molecule has 3 aliphatic rings. The Balaban J connectivity index is 1.30. The number of methoxy groups -OCH3 is 1. The lowest BCUT2D eigenvalue weighted by Crippen LogP contribution is -2.39. The average Bonchev–Trinajstić information content (AvgIpc) is 3.67. The molecule has 0 spiro atoms. The first-order valence-corrected chi connectivity index (χ1v) is 13.3. The zero-order chi connectivity index (χ0) is 23.1. The van der Waals surface area contributed by atoms with E-state index in [4.69, 9.17) is 4.74 Å². The maximum Gasteiger partial charge on any atom is 0.210 e. The van der Waals surface area contributed by atoms with Crippen LogP contribution in [0.1, 0.15) is 90.1 Å². The van der Waals surface area contributed by atoms with Gasteiger partial charge in [-0.3, -0.25) is 4.79 Å². The standard InChI is InChI=1S/C27H30N4O2S/c1-33-22-15-13-19(14-16-22)23-25(34-27-29-28-26(21-11-12-21)31(27)30-23)24(32)20-9-7-18(8-10-20)17-5-3-2-4-6-17/h7-10,13-17,21,23,25,30H,2-6,11-12H2,1H3/t23-,25-/m0/s1. The summed E-state index contributed by atoms with van der Waals surface area (Å²) in [6.45, 7) is 0. The van der Waals surface area contributed by atoms with Crippen molar-refractivity contribution in [2.24, 2.45) is 0 Å². The van der Waals surface area contributed by atoms with Crippen molar-refractivity contribution >= 4 is 17.5 Å². The zero-order valence-electron chi connectivity index (χ0n) is 19.4. The van der Waals surface area contributed by atoms with Crippen molar-refractivity contribution in [2.75, 3.05) is 12.5 Å². The summed E-state index contributed by atoms with van der Waals surface area (Å²) in [6.07, 6.45) is 8.77. The van der Waals surface area contributed by atoms with Crippen LogP contribution in [0.2, 0.25) is 0 Å². The topological polar surface area (TPSA) is 69.0 Å². The molecule has 1 N–H and O–H groups in total. The monoisotopic (exact) mass is 474 g/mol. The molecule has 0 radical (unpaired) electrons. The van der Waals surface area contributed by atoms with E-state index in [9.17, 15) is 4.79 Å². The first-order chi connectivity index (χ1) is 16.7. The minimum Gasteiger partial charge on any atom is -0.497 e. The van der Waals surface area contributed by atoms with Crippen molar-refractivity contribution in [1.29, 1.82) is 0 Å². The number of ketones is 1. The number of ether oxygens (including phenoxy) is 1. The van der Waals surface area contributed by atoms with Crippen molar-refractivity contribution in [3.8, 4) is 5.75 Å². The second kappa shape index (κ2) is 9.10. The molecule has 2 heterocycles. The van der Waals surface area contributed by atoms with Gasteiger partial charge in [0.2, 0.25) is 5.16 Å². The Hall–Kier alpha value is -2.80. The molecule has 2 aromatic carbocycles. The normalized spacial score (nSPS) is 22.6. The highest BCUT2D eigenvalue weighted by molar-refractivity contribution is 8.00. The van der Waals surface area contributed by atoms with Gasteiger partial charge in [-0.1, -0.05) is 67.4 Å². The number of aromatic nitrogens is 3. The lowest BCUT2D eigenvalue weighted by Gasteiger charge is -2.33. The molecule has 7 heteroatoms. The van der Waals surface area contributed by atoms with E-state index in [2.05, 4.69) is 27.8 Å². The van der Waals surface area contributed by atoms with Crippen LogP contribution in [0.4, 0.5) is 0 Å². The number of rotatable bonds is 6. The number of carbonyl (C=O) groups excluding carboxylic acids is 1. The highest BCUT2D eigenvalue weighted by Crippen LogP contribution is 2.44. The maximum absolute atomic E-state index is 13.8. The van der Waals surface area contributed by atoms with Crippen molar-refractivity contribution in [3.63, 3.8) is 0 Å². The van der Waals surface area contributed by atoms with Crippen molar-refractivity contribution in [1.82, 2.24) is 14.9 Å². The molecule has 6 nitrogen and oxygen atoms in total. The number of hydrogen-bond acceptors (Lipinski definition) is 6. The molecule has 0 amide bonds. The van der Waals surface area contributed by atoms with Crippen LogP contribution < -0.4 is 10.2 Å². The van der Waals surface area contributed by atoms with Gasteiger partial charge in [-0.25, -0.2) is 4.68 Å². The van der Waals surface area contributed by atoms with Gasteiger partial charge in [-0.2, -0.15) is 0 Å². The third kappa shape index (κ3) is 4.11. The summed E-state index contributed by atoms with van der Waals surface area (Å²) in [5, 5.41) is 9.29. The van der Waals surface area contributed by atoms with Crippen LogP contribution >= 0.6 is 11.8 Å². The molecule has 2 saturated carbocycles. The predicted octanol–water partition coefficient (Wildman–Crippen LogP) is 5.85. The molecule has 3 aromatic rings. The number of hydrogen-bond donors (Lipinski definition) is 1. The zero-order valence-corrected chi connectivity index (χ0v) is 20.3. The number of Topliss-reactive ketones (excluding diaryl/α,β-unsaturated/α-hetero) is 1. The molecule has 0 unspecified atom stereocenters. The third-order valence-electron chi connectivity index (χ3n) is 7.41. The van der Waals surface area contributed by atoms with Crippen LogP contribution in [0.15, 0.2) is 53.7 Å². The van der Waals surface area contributed by atoms with Crippen LogP contribution in [-0.2, 0) is 0 Å². The van der Waals surface area contributed by atoms with Gasteiger partial charge in [-0.05, 0) is 54.9 Å². The number of carbonyl (C=O) groups is 1. The van der Waals surface area contributed by atoms with Gasteiger partial charge in [0.1, 0.15) is 11.0 Å². The molecule has 176 valence electrons. The molecule has 1 aliphatic heterocycles. The van der Waals surface area contributed by atoms with Crippen LogP contribution in [0.3, 0.4) is 0 Å². The van der Waals surface area contributed by atoms with E-state index >= 15 is 0 Å². The van der Waals surface area contributed by atoms with Crippen molar-refractivity contribution in [2.45, 2.75) is 73.2 Å². The molecule has 0 bridgehead atoms. The van der Waals surface area contributed by atoms with Crippen LogP contribution in [0.25, 0.3) is 0 Å². The summed E-state index contributed by atoms with van der Waals surface area (Å²) >= 11 is 1.52. The summed E-state index contributed by atoms with van der Waals surface area (Å²) in [6, 6.07) is 16.2. The van der Waals surface area contributed by atoms with E-state index in [0.717, 1.165) is 40.7 Å². The summed E-state index contributed by atoms with van der Waals surface area (Å²) < 4.78 is 7.35. The van der Waals surface area contributed by atoms with Gasteiger partial charge in [0.05, 0.1) is 13.2 Å². The molecular weight excluding hydrogens is 444 g/mol. The van der Waals surface area contributed by atoms with E-state index < -0.39 is 0 Å². The van der Waals surface area contributed by atoms with Gasteiger partial charge >= 0.3 is 0 Å². The van der Waals surface area contributed by atoms with Crippen LogP contribution in [0.5, 0.6) is 5.75 Å². The Bertz CT molecular complexity index is 1160. The van der Waals surface area contributed by atoms with Gasteiger partial charge in [0.25, 0.3) is 0 Å². The lowest BCUT2D eigenvalue weighted by molar-refractivity contribution is 0.0980. The summed E-state index contributed by atoms with van der Waals surface area (Å²) in [5.74, 6) is 3.00. The van der Waals surface area contributed by atoms with Gasteiger partial charge in [0, 0.05) is 11.5 Å². The smallest absolute Gasteiger partial charge is 0.210 e. The number of nitrogens with zero attached hydrogens (tertiary/aromatic N) is 3. The van der Waals surface area contributed by atoms with Gasteiger partial charge in [0.15, 0.2) is 11.6 Å². The highest BCUT2D eigenvalue weighted by Gasteiger charge is 2.40. The number of thioether (sulfide) groups is 1. The minimum absolute atomic E-state index is 0.121. The first-order valence-electron chi connectivity index (χ1n) is 12.4. The van der Waals surface area contributed by atoms with E-state index in [1.807, 2.05) is 41.1 Å². The molecule has 0 saturated heterocycles. The molecular formula is C27H30N4O2S. The van der Waals surface area contributed by atoms with E-state index in [-0.39, 0.29) is 17.1 Å². The second-order valence-corrected chi connectivity index (χ2v) is 10.8. The minimum atomic E-state index is -0.335. The molecule has 2 fully saturated rings. The molecule has 6 rings (SSSR count). The largest absolute Gasteiger partial charge is 0.497 e. The molecule has 1 aromatic heterocycles. The van der Waals surface area contributed by atoms with E-state index in [1.54, 1.807) is 7.11 Å². The summed E-state index contributed by atoms with van der Waals surface area (Å²) in [4.78, 5) is 13.8. The van der Waals surface area contributed by atoms with Gasteiger partial charge < -0.3 is 10.2 Å². The van der Waals surface area contributed by atoms with Crippen LogP contribution in [-0.4, -0.2) is 33.0 Å². The average molecular weight is 475 g/mol. The van der Waals surface area contributed by atoms with E-state index in [0.29, 0.717) is 11.8 Å². The fourth-order valence-electron chi connectivity index (χ4n) is 5.26. The lowest BCUT2D eigenvalue weighted by atomic mass is 9.83. The van der Waals surface area contributed by atoms with Gasteiger partial charge in [-0.15, -0.1) is 10.2 Å². The first kappa shape index (κ1) is 21.7. The quantitative estimate of drug-likeness (QED) is 0.452. The SMILES string of the molecule is COc1ccc([C@@H]2Nn3c(nnc3C3CC3)S[C@@H]2C(=O)c2ccc(C3CCCCC3)cc2)cc1. The fourth-order valence-corrected chi connectivity index (χ4v) is 6.42. The molecule has 2 aliphatic carbocycles. The number of benzene rings is 2. The second-order valence-electron chi connectivity index (χ2n) is 9.69. The van der Waals surface area contributed by atoms with Crippen LogP contribution in [0, 0.1) is 0 Å². The molecule has 34 heavy (non-hydrogen) atoms. The summed E-state index contributed by atoms with van der Waals surface area (Å²) in [7, 11) is 1.67. The van der Waals surface area contributed by atoms with Crippen molar-refractivity contribution < 1.29 is 9.53 Å². The Kier molecular flexibility index (Phi) is 5.81.